The number of pyridine rings is 1. The molecule has 4 rings (SSSR count). The normalized spacial score (nSPS) is 18.1. The van der Waals surface area contributed by atoms with Crippen LogP contribution in [0, 0.1) is 6.92 Å². The van der Waals surface area contributed by atoms with Crippen LogP contribution in [0.5, 0.6) is 0 Å². The van der Waals surface area contributed by atoms with Crippen molar-refractivity contribution in [3.63, 3.8) is 0 Å². The molecule has 1 aromatic carbocycles. The van der Waals surface area contributed by atoms with Gasteiger partial charge < -0.3 is 20.3 Å². The highest BCUT2D eigenvalue weighted by molar-refractivity contribution is 5.97. The van der Waals surface area contributed by atoms with Crippen molar-refractivity contribution in [1.82, 2.24) is 15.2 Å². The molecule has 2 aliphatic rings. The highest BCUT2D eigenvalue weighted by atomic mass is 16.5. The van der Waals surface area contributed by atoms with E-state index in [0.29, 0.717) is 30.4 Å². The van der Waals surface area contributed by atoms with Crippen molar-refractivity contribution in [2.45, 2.75) is 51.3 Å². The molecular weight excluding hydrogens is 380 g/mol. The number of nitrogens with one attached hydrogen (secondary N) is 2. The number of ether oxygens (including phenoxy) is 1. The van der Waals surface area contributed by atoms with Crippen LogP contribution >= 0.6 is 0 Å². The summed E-state index contributed by atoms with van der Waals surface area (Å²) in [6.07, 6.45) is 7.57. The van der Waals surface area contributed by atoms with Gasteiger partial charge in [-0.05, 0) is 61.9 Å². The molecule has 3 amide bonds. The molecule has 1 aromatic heterocycles. The molecule has 2 heterocycles. The monoisotopic (exact) mass is 408 g/mol. The second kappa shape index (κ2) is 9.26. The first-order valence-corrected chi connectivity index (χ1v) is 10.6. The standard InChI is InChI=1S/C23H28N4O3/c1-16-6-7-18(22(28)25-19-8-9-19)12-21(16)26-23(29)27(15-20-5-3-11-30-20)14-17-4-2-10-24-13-17/h2,4,6-7,10,12-13,19-20H,3,5,8-9,11,14-15H2,1H3,(H,25,28)(H,26,29). The molecule has 1 saturated heterocycles. The minimum absolute atomic E-state index is 0.0455. The zero-order chi connectivity index (χ0) is 20.9. The first-order chi connectivity index (χ1) is 14.6. The molecular formula is C23H28N4O3. The van der Waals surface area contributed by atoms with Gasteiger partial charge in [-0.25, -0.2) is 4.79 Å². The average Bonchev–Trinajstić information content (AvgIpc) is 3.41. The van der Waals surface area contributed by atoms with Gasteiger partial charge in [0.2, 0.25) is 0 Å². The van der Waals surface area contributed by atoms with Crippen LogP contribution in [-0.4, -0.2) is 47.1 Å². The molecule has 7 heteroatoms. The summed E-state index contributed by atoms with van der Waals surface area (Å²) in [5.74, 6) is -0.0976. The van der Waals surface area contributed by atoms with E-state index in [0.717, 1.165) is 43.4 Å². The van der Waals surface area contributed by atoms with Crippen LogP contribution in [0.2, 0.25) is 0 Å². The van der Waals surface area contributed by atoms with E-state index in [1.807, 2.05) is 25.1 Å². The Morgan fingerprint density at radius 2 is 2.10 bits per heavy atom. The molecule has 7 nitrogen and oxygen atoms in total. The number of amides is 3. The van der Waals surface area contributed by atoms with E-state index >= 15 is 0 Å². The van der Waals surface area contributed by atoms with Gasteiger partial charge in [0.05, 0.1) is 6.10 Å². The van der Waals surface area contributed by atoms with Gasteiger partial charge in [-0.3, -0.25) is 9.78 Å². The number of hydrogen-bond donors (Lipinski definition) is 2. The Balaban J connectivity index is 1.48. The van der Waals surface area contributed by atoms with Gasteiger partial charge in [-0.2, -0.15) is 0 Å². The third-order valence-corrected chi connectivity index (χ3v) is 5.49. The Bertz CT molecular complexity index is 893. The number of aromatic nitrogens is 1. The fraction of sp³-hybridized carbons (Fsp3) is 0.435. The quantitative estimate of drug-likeness (QED) is 0.735. The van der Waals surface area contributed by atoms with Gasteiger partial charge >= 0.3 is 6.03 Å². The van der Waals surface area contributed by atoms with Crippen LogP contribution in [-0.2, 0) is 11.3 Å². The van der Waals surface area contributed by atoms with Gasteiger partial charge in [0, 0.05) is 49.4 Å². The molecule has 1 aliphatic heterocycles. The fourth-order valence-electron chi connectivity index (χ4n) is 3.55. The van der Waals surface area contributed by atoms with E-state index in [1.54, 1.807) is 29.4 Å². The first-order valence-electron chi connectivity index (χ1n) is 10.6. The largest absolute Gasteiger partial charge is 0.376 e. The number of hydrogen-bond acceptors (Lipinski definition) is 4. The molecule has 158 valence electrons. The Labute approximate surface area is 176 Å². The van der Waals surface area contributed by atoms with E-state index in [-0.39, 0.29) is 18.0 Å². The van der Waals surface area contributed by atoms with E-state index in [2.05, 4.69) is 15.6 Å². The second-order valence-electron chi connectivity index (χ2n) is 8.08. The number of carbonyl (C=O) groups excluding carboxylic acids is 2. The third-order valence-electron chi connectivity index (χ3n) is 5.49. The average molecular weight is 409 g/mol. The van der Waals surface area contributed by atoms with Crippen LogP contribution in [0.1, 0.15) is 47.2 Å². The maximum atomic E-state index is 13.2. The summed E-state index contributed by atoms with van der Waals surface area (Å²) in [4.78, 5) is 31.5. The SMILES string of the molecule is Cc1ccc(C(=O)NC2CC2)cc1NC(=O)N(Cc1cccnc1)CC1CCCO1. The van der Waals surface area contributed by atoms with Gasteiger partial charge in [-0.1, -0.05) is 12.1 Å². The second-order valence-corrected chi connectivity index (χ2v) is 8.08. The summed E-state index contributed by atoms with van der Waals surface area (Å²) < 4.78 is 5.75. The maximum absolute atomic E-state index is 13.2. The van der Waals surface area contributed by atoms with Crippen molar-refractivity contribution >= 4 is 17.6 Å². The predicted molar refractivity (Wildman–Crippen MR) is 114 cm³/mol. The van der Waals surface area contributed by atoms with Gasteiger partial charge in [0.15, 0.2) is 0 Å². The van der Waals surface area contributed by atoms with E-state index in [4.69, 9.17) is 4.74 Å². The van der Waals surface area contributed by atoms with Gasteiger partial charge in [-0.15, -0.1) is 0 Å². The van der Waals surface area contributed by atoms with Crippen LogP contribution < -0.4 is 10.6 Å². The van der Waals surface area contributed by atoms with Gasteiger partial charge in [0.25, 0.3) is 5.91 Å². The summed E-state index contributed by atoms with van der Waals surface area (Å²) in [5, 5.41) is 5.99. The number of nitrogens with zero attached hydrogens (tertiary/aromatic N) is 2. The summed E-state index contributed by atoms with van der Waals surface area (Å²) in [6.45, 7) is 3.62. The molecule has 2 aromatic rings. The molecule has 2 fully saturated rings. The third kappa shape index (κ3) is 5.36. The van der Waals surface area contributed by atoms with Crippen molar-refractivity contribution in [3.05, 3.63) is 59.4 Å². The molecule has 1 aliphatic carbocycles. The molecule has 1 unspecified atom stereocenters. The predicted octanol–water partition coefficient (Wildman–Crippen LogP) is 3.50. The molecule has 0 spiro atoms. The van der Waals surface area contributed by atoms with Crippen molar-refractivity contribution in [2.75, 3.05) is 18.5 Å². The molecule has 1 atom stereocenters. The van der Waals surface area contributed by atoms with Gasteiger partial charge in [0.1, 0.15) is 0 Å². The van der Waals surface area contributed by atoms with Crippen LogP contribution in [0.25, 0.3) is 0 Å². The maximum Gasteiger partial charge on any atom is 0.322 e. The Hall–Kier alpha value is -2.93. The van der Waals surface area contributed by atoms with E-state index in [9.17, 15) is 9.59 Å². The van der Waals surface area contributed by atoms with E-state index < -0.39 is 0 Å². The highest BCUT2D eigenvalue weighted by Crippen LogP contribution is 2.22. The summed E-state index contributed by atoms with van der Waals surface area (Å²) in [7, 11) is 0. The summed E-state index contributed by atoms with van der Waals surface area (Å²) >= 11 is 0. The zero-order valence-corrected chi connectivity index (χ0v) is 17.3. The minimum Gasteiger partial charge on any atom is -0.376 e. The Morgan fingerprint density at radius 3 is 2.80 bits per heavy atom. The van der Waals surface area contributed by atoms with Crippen molar-refractivity contribution in [2.24, 2.45) is 0 Å². The smallest absolute Gasteiger partial charge is 0.322 e. The number of urea groups is 1. The number of aryl methyl sites for hydroxylation is 1. The van der Waals surface area contributed by atoms with Crippen LogP contribution in [0.4, 0.5) is 10.5 Å². The number of benzene rings is 1. The lowest BCUT2D eigenvalue weighted by Crippen LogP contribution is -2.39. The van der Waals surface area contributed by atoms with Crippen molar-refractivity contribution < 1.29 is 14.3 Å². The minimum atomic E-state index is -0.211. The van der Waals surface area contributed by atoms with E-state index in [1.165, 1.54) is 0 Å². The Morgan fingerprint density at radius 1 is 1.23 bits per heavy atom. The molecule has 30 heavy (non-hydrogen) atoms. The molecule has 0 bridgehead atoms. The van der Waals surface area contributed by atoms with Crippen LogP contribution in [0.3, 0.4) is 0 Å². The number of carbonyl (C=O) groups is 2. The lowest BCUT2D eigenvalue weighted by atomic mass is 10.1. The van der Waals surface area contributed by atoms with Crippen molar-refractivity contribution in [3.8, 4) is 0 Å². The lowest BCUT2D eigenvalue weighted by Gasteiger charge is -2.26. The Kier molecular flexibility index (Phi) is 6.28. The summed E-state index contributed by atoms with van der Waals surface area (Å²) in [6, 6.07) is 9.31. The zero-order valence-electron chi connectivity index (χ0n) is 17.3. The molecule has 2 N–H and O–H groups in total. The number of rotatable bonds is 7. The number of anilines is 1. The molecule has 0 radical (unpaired) electrons. The van der Waals surface area contributed by atoms with Crippen molar-refractivity contribution in [1.29, 1.82) is 0 Å². The van der Waals surface area contributed by atoms with Crippen LogP contribution in [0.15, 0.2) is 42.7 Å². The first kappa shape index (κ1) is 20.3. The molecule has 1 saturated carbocycles. The summed E-state index contributed by atoms with van der Waals surface area (Å²) in [5.41, 5.74) is 3.07. The highest BCUT2D eigenvalue weighted by Gasteiger charge is 2.25. The lowest BCUT2D eigenvalue weighted by molar-refractivity contribution is 0.0819. The fourth-order valence-corrected chi connectivity index (χ4v) is 3.55. The topological polar surface area (TPSA) is 83.6 Å².